The third-order valence-electron chi connectivity index (χ3n) is 6.11. The molecule has 1 unspecified atom stereocenters. The molecule has 1 atom stereocenters. The van der Waals surface area contributed by atoms with E-state index in [1.807, 2.05) is 25.2 Å². The SMILES string of the molecule is CCC(CCC1(c2cc(OC)cc(OC)c2)OCCO1)(NC)c1ccc(C)cc1. The molecular weight excluding hydrogens is 366 g/mol. The number of hydrogen-bond donors (Lipinski definition) is 1. The van der Waals surface area contributed by atoms with Crippen LogP contribution in [0, 0.1) is 6.92 Å². The fraction of sp³-hybridized carbons (Fsp3) is 0.500. The number of nitrogens with one attached hydrogen (secondary N) is 1. The molecular formula is C24H33NO4. The molecule has 0 spiro atoms. The van der Waals surface area contributed by atoms with Gasteiger partial charge in [-0.3, -0.25) is 0 Å². The lowest BCUT2D eigenvalue weighted by Crippen LogP contribution is -2.41. The highest BCUT2D eigenvalue weighted by molar-refractivity contribution is 5.41. The van der Waals surface area contributed by atoms with Crippen LogP contribution in [0.3, 0.4) is 0 Å². The van der Waals surface area contributed by atoms with Crippen molar-refractivity contribution in [1.82, 2.24) is 5.32 Å². The number of rotatable bonds is 9. The van der Waals surface area contributed by atoms with Gasteiger partial charge in [-0.05, 0) is 44.5 Å². The highest BCUT2D eigenvalue weighted by Gasteiger charge is 2.42. The van der Waals surface area contributed by atoms with E-state index in [0.717, 1.165) is 29.9 Å². The van der Waals surface area contributed by atoms with Crippen molar-refractivity contribution < 1.29 is 18.9 Å². The minimum absolute atomic E-state index is 0.154. The summed E-state index contributed by atoms with van der Waals surface area (Å²) < 4.78 is 23.3. The van der Waals surface area contributed by atoms with Crippen LogP contribution in [-0.2, 0) is 20.8 Å². The van der Waals surface area contributed by atoms with E-state index in [-0.39, 0.29) is 5.54 Å². The summed E-state index contributed by atoms with van der Waals surface area (Å²) in [5.41, 5.74) is 3.32. The Morgan fingerprint density at radius 1 is 1.00 bits per heavy atom. The molecule has 0 aliphatic carbocycles. The molecule has 1 aliphatic rings. The first-order valence-corrected chi connectivity index (χ1v) is 10.3. The molecule has 158 valence electrons. The largest absolute Gasteiger partial charge is 0.497 e. The van der Waals surface area contributed by atoms with Crippen molar-refractivity contribution in [2.24, 2.45) is 0 Å². The van der Waals surface area contributed by atoms with Gasteiger partial charge in [0.25, 0.3) is 0 Å². The highest BCUT2D eigenvalue weighted by Crippen LogP contribution is 2.42. The average Bonchev–Trinajstić information content (AvgIpc) is 3.25. The minimum atomic E-state index is -0.802. The molecule has 0 aromatic heterocycles. The molecule has 2 aromatic rings. The molecule has 0 amide bonds. The van der Waals surface area contributed by atoms with Crippen LogP contribution in [0.15, 0.2) is 42.5 Å². The Morgan fingerprint density at radius 3 is 2.07 bits per heavy atom. The van der Waals surface area contributed by atoms with Gasteiger partial charge < -0.3 is 24.3 Å². The number of ether oxygens (including phenoxy) is 4. The van der Waals surface area contributed by atoms with Crippen molar-refractivity contribution in [3.63, 3.8) is 0 Å². The summed E-state index contributed by atoms with van der Waals surface area (Å²) in [6, 6.07) is 14.6. The Kier molecular flexibility index (Phi) is 6.83. The fourth-order valence-electron chi connectivity index (χ4n) is 4.16. The second-order valence-corrected chi connectivity index (χ2v) is 7.60. The predicted octanol–water partition coefficient (Wildman–Crippen LogP) is 4.52. The van der Waals surface area contributed by atoms with Gasteiger partial charge in [0.15, 0.2) is 5.79 Å². The summed E-state index contributed by atoms with van der Waals surface area (Å²) in [6.07, 6.45) is 2.54. The topological polar surface area (TPSA) is 49.0 Å². The summed E-state index contributed by atoms with van der Waals surface area (Å²) >= 11 is 0. The highest BCUT2D eigenvalue weighted by atomic mass is 16.7. The number of benzene rings is 2. The average molecular weight is 400 g/mol. The van der Waals surface area contributed by atoms with E-state index < -0.39 is 5.79 Å². The lowest BCUT2D eigenvalue weighted by atomic mass is 9.80. The maximum atomic E-state index is 6.20. The van der Waals surface area contributed by atoms with E-state index in [9.17, 15) is 0 Å². The summed E-state index contributed by atoms with van der Waals surface area (Å²) in [5.74, 6) is 0.655. The third-order valence-corrected chi connectivity index (χ3v) is 6.11. The van der Waals surface area contributed by atoms with Crippen LogP contribution in [0.25, 0.3) is 0 Å². The van der Waals surface area contributed by atoms with Crippen LogP contribution in [0.1, 0.15) is 42.9 Å². The molecule has 3 rings (SSSR count). The van der Waals surface area contributed by atoms with Crippen LogP contribution < -0.4 is 14.8 Å². The Hall–Kier alpha value is -2.08. The Bertz CT molecular complexity index is 771. The quantitative estimate of drug-likeness (QED) is 0.672. The first-order valence-electron chi connectivity index (χ1n) is 10.3. The van der Waals surface area contributed by atoms with E-state index in [1.165, 1.54) is 11.1 Å². The molecule has 1 N–H and O–H groups in total. The normalized spacial score (nSPS) is 17.7. The van der Waals surface area contributed by atoms with E-state index in [1.54, 1.807) is 14.2 Å². The minimum Gasteiger partial charge on any atom is -0.497 e. The maximum absolute atomic E-state index is 6.20. The van der Waals surface area contributed by atoms with E-state index in [2.05, 4.69) is 43.4 Å². The summed E-state index contributed by atoms with van der Waals surface area (Å²) in [7, 11) is 5.34. The van der Waals surface area contributed by atoms with Gasteiger partial charge in [0.05, 0.1) is 27.4 Å². The Balaban J connectivity index is 1.93. The van der Waals surface area contributed by atoms with Gasteiger partial charge in [-0.15, -0.1) is 0 Å². The molecule has 5 heteroatoms. The van der Waals surface area contributed by atoms with Crippen LogP contribution in [0.5, 0.6) is 11.5 Å². The van der Waals surface area contributed by atoms with Crippen molar-refractivity contribution in [3.8, 4) is 11.5 Å². The van der Waals surface area contributed by atoms with Gasteiger partial charge in [0, 0.05) is 23.6 Å². The van der Waals surface area contributed by atoms with Gasteiger partial charge in [-0.25, -0.2) is 0 Å². The zero-order chi connectivity index (χ0) is 20.9. The molecule has 0 saturated carbocycles. The van der Waals surface area contributed by atoms with Crippen molar-refractivity contribution in [2.75, 3.05) is 34.5 Å². The van der Waals surface area contributed by atoms with E-state index in [0.29, 0.717) is 19.6 Å². The maximum Gasteiger partial charge on any atom is 0.195 e. The van der Waals surface area contributed by atoms with Crippen molar-refractivity contribution in [3.05, 3.63) is 59.2 Å². The summed E-state index contributed by atoms with van der Waals surface area (Å²) in [4.78, 5) is 0. The predicted molar refractivity (Wildman–Crippen MR) is 115 cm³/mol. The van der Waals surface area contributed by atoms with Crippen LogP contribution in [-0.4, -0.2) is 34.5 Å². The van der Waals surface area contributed by atoms with Crippen molar-refractivity contribution in [1.29, 1.82) is 0 Å². The second-order valence-electron chi connectivity index (χ2n) is 7.60. The first-order chi connectivity index (χ1) is 14.0. The van der Waals surface area contributed by atoms with Gasteiger partial charge in [-0.2, -0.15) is 0 Å². The van der Waals surface area contributed by atoms with Crippen LogP contribution in [0.4, 0.5) is 0 Å². The first kappa shape index (κ1) is 21.6. The molecule has 2 aromatic carbocycles. The van der Waals surface area contributed by atoms with Crippen LogP contribution in [0.2, 0.25) is 0 Å². The number of aryl methyl sites for hydroxylation is 1. The zero-order valence-corrected chi connectivity index (χ0v) is 18.2. The smallest absolute Gasteiger partial charge is 0.195 e. The Labute approximate surface area is 174 Å². The Morgan fingerprint density at radius 2 is 1.59 bits per heavy atom. The third kappa shape index (κ3) is 4.42. The van der Waals surface area contributed by atoms with Gasteiger partial charge >= 0.3 is 0 Å². The van der Waals surface area contributed by atoms with Crippen molar-refractivity contribution in [2.45, 2.75) is 44.4 Å². The lowest BCUT2D eigenvalue weighted by Gasteiger charge is -2.37. The molecule has 0 bridgehead atoms. The number of methoxy groups -OCH3 is 2. The summed E-state index contributed by atoms with van der Waals surface area (Å²) in [5, 5.41) is 3.58. The standard InChI is InChI=1S/C24H33NO4/c1-6-23(25-3,19-9-7-18(2)8-10-19)11-12-24(28-13-14-29-24)20-15-21(26-4)17-22(16-20)27-5/h7-10,15-17,25H,6,11-14H2,1-5H3. The fourth-order valence-corrected chi connectivity index (χ4v) is 4.16. The van der Waals surface area contributed by atoms with Gasteiger partial charge in [-0.1, -0.05) is 36.8 Å². The van der Waals surface area contributed by atoms with E-state index in [4.69, 9.17) is 18.9 Å². The monoisotopic (exact) mass is 399 g/mol. The molecule has 1 saturated heterocycles. The second kappa shape index (κ2) is 9.16. The van der Waals surface area contributed by atoms with E-state index >= 15 is 0 Å². The lowest BCUT2D eigenvalue weighted by molar-refractivity contribution is -0.174. The zero-order valence-electron chi connectivity index (χ0n) is 18.2. The molecule has 1 aliphatic heterocycles. The van der Waals surface area contributed by atoms with Crippen molar-refractivity contribution >= 4 is 0 Å². The molecule has 5 nitrogen and oxygen atoms in total. The molecule has 1 heterocycles. The number of hydrogen-bond acceptors (Lipinski definition) is 5. The van der Waals surface area contributed by atoms with Gasteiger partial charge in [0.2, 0.25) is 0 Å². The van der Waals surface area contributed by atoms with Crippen LogP contribution >= 0.6 is 0 Å². The molecule has 29 heavy (non-hydrogen) atoms. The summed E-state index contributed by atoms with van der Waals surface area (Å²) in [6.45, 7) is 5.47. The molecule has 1 fully saturated rings. The van der Waals surface area contributed by atoms with Gasteiger partial charge in [0.1, 0.15) is 11.5 Å². The molecule has 0 radical (unpaired) electrons.